The SMILES string of the molecule is CN(C)C(=O)c1ccc(-c2ccc(C(=O)O)cc2)s1. The molecule has 1 N–H and O–H groups in total. The number of carbonyl (C=O) groups excluding carboxylic acids is 1. The van der Waals surface area contributed by atoms with E-state index in [4.69, 9.17) is 5.11 Å². The lowest BCUT2D eigenvalue weighted by molar-refractivity contribution is 0.0696. The largest absolute Gasteiger partial charge is 0.478 e. The predicted octanol–water partition coefficient (Wildman–Crippen LogP) is 2.82. The molecule has 98 valence electrons. The number of carbonyl (C=O) groups is 2. The molecule has 4 nitrogen and oxygen atoms in total. The van der Waals surface area contributed by atoms with Crippen molar-refractivity contribution in [2.45, 2.75) is 0 Å². The van der Waals surface area contributed by atoms with Crippen molar-refractivity contribution in [1.82, 2.24) is 4.90 Å². The van der Waals surface area contributed by atoms with Crippen molar-refractivity contribution in [3.63, 3.8) is 0 Å². The minimum atomic E-state index is -0.943. The first kappa shape index (κ1) is 13.3. The van der Waals surface area contributed by atoms with Gasteiger partial charge in [0.1, 0.15) is 0 Å². The molecule has 0 atom stereocenters. The smallest absolute Gasteiger partial charge is 0.335 e. The average Bonchev–Trinajstić information content (AvgIpc) is 2.87. The number of hydrogen-bond donors (Lipinski definition) is 1. The minimum Gasteiger partial charge on any atom is -0.478 e. The van der Waals surface area contributed by atoms with Gasteiger partial charge < -0.3 is 10.0 Å². The van der Waals surface area contributed by atoms with Crippen LogP contribution < -0.4 is 0 Å². The Bertz CT molecular complexity index is 614. The number of benzene rings is 1. The summed E-state index contributed by atoms with van der Waals surface area (Å²) in [5.41, 5.74) is 1.16. The van der Waals surface area contributed by atoms with Crippen LogP contribution in [0.2, 0.25) is 0 Å². The lowest BCUT2D eigenvalue weighted by atomic mass is 10.1. The highest BCUT2D eigenvalue weighted by atomic mass is 32.1. The summed E-state index contributed by atoms with van der Waals surface area (Å²) in [6.45, 7) is 0. The molecule has 1 aromatic heterocycles. The Morgan fingerprint density at radius 2 is 1.68 bits per heavy atom. The maximum Gasteiger partial charge on any atom is 0.335 e. The fraction of sp³-hybridized carbons (Fsp3) is 0.143. The van der Waals surface area contributed by atoms with Gasteiger partial charge in [0.25, 0.3) is 5.91 Å². The lowest BCUT2D eigenvalue weighted by Crippen LogP contribution is -2.20. The first-order valence-corrected chi connectivity index (χ1v) is 6.46. The molecule has 5 heteroatoms. The molecule has 0 aliphatic carbocycles. The third kappa shape index (κ3) is 2.82. The molecule has 0 aliphatic rings. The van der Waals surface area contributed by atoms with Crippen LogP contribution in [0.4, 0.5) is 0 Å². The van der Waals surface area contributed by atoms with E-state index in [1.807, 2.05) is 6.07 Å². The summed E-state index contributed by atoms with van der Waals surface area (Å²) in [6, 6.07) is 10.3. The Morgan fingerprint density at radius 1 is 1.05 bits per heavy atom. The van der Waals surface area contributed by atoms with Crippen LogP contribution in [-0.2, 0) is 0 Å². The summed E-state index contributed by atoms with van der Waals surface area (Å²) in [5, 5.41) is 8.84. The summed E-state index contributed by atoms with van der Waals surface area (Å²) in [6.07, 6.45) is 0. The molecule has 2 rings (SSSR count). The molecule has 19 heavy (non-hydrogen) atoms. The van der Waals surface area contributed by atoms with Gasteiger partial charge in [-0.3, -0.25) is 4.79 Å². The third-order valence-corrected chi connectivity index (χ3v) is 3.76. The van der Waals surface area contributed by atoms with E-state index in [0.717, 1.165) is 10.4 Å². The van der Waals surface area contributed by atoms with Gasteiger partial charge in [0.2, 0.25) is 0 Å². The average molecular weight is 275 g/mol. The zero-order chi connectivity index (χ0) is 14.0. The van der Waals surface area contributed by atoms with E-state index < -0.39 is 5.97 Å². The van der Waals surface area contributed by atoms with Crippen molar-refractivity contribution in [3.05, 3.63) is 46.8 Å². The number of amides is 1. The van der Waals surface area contributed by atoms with Crippen LogP contribution in [0.5, 0.6) is 0 Å². The van der Waals surface area contributed by atoms with Crippen LogP contribution in [0, 0.1) is 0 Å². The van der Waals surface area contributed by atoms with E-state index in [9.17, 15) is 9.59 Å². The molecule has 0 saturated carbocycles. The Labute approximate surface area is 114 Å². The predicted molar refractivity (Wildman–Crippen MR) is 74.7 cm³/mol. The normalized spacial score (nSPS) is 10.2. The molecule has 0 radical (unpaired) electrons. The van der Waals surface area contributed by atoms with Crippen LogP contribution in [-0.4, -0.2) is 36.0 Å². The third-order valence-electron chi connectivity index (χ3n) is 2.64. The fourth-order valence-electron chi connectivity index (χ4n) is 1.61. The quantitative estimate of drug-likeness (QED) is 0.937. The van der Waals surface area contributed by atoms with E-state index >= 15 is 0 Å². The monoisotopic (exact) mass is 275 g/mol. The van der Waals surface area contributed by atoms with E-state index in [1.54, 1.807) is 44.4 Å². The number of aromatic carboxylic acids is 1. The molecule has 1 amide bonds. The fourth-order valence-corrected chi connectivity index (χ4v) is 2.64. The molecule has 1 heterocycles. The molecule has 0 spiro atoms. The van der Waals surface area contributed by atoms with Gasteiger partial charge in [-0.05, 0) is 29.8 Å². The molecule has 0 bridgehead atoms. The Hall–Kier alpha value is -2.14. The van der Waals surface area contributed by atoms with Gasteiger partial charge in [-0.25, -0.2) is 4.79 Å². The molecular formula is C14H13NO3S. The van der Waals surface area contributed by atoms with E-state index in [-0.39, 0.29) is 11.5 Å². The molecule has 0 unspecified atom stereocenters. The van der Waals surface area contributed by atoms with Gasteiger partial charge >= 0.3 is 5.97 Å². The van der Waals surface area contributed by atoms with Crippen molar-refractivity contribution < 1.29 is 14.7 Å². The van der Waals surface area contributed by atoms with Gasteiger partial charge in [-0.2, -0.15) is 0 Å². The number of carboxylic acid groups (broad SMARTS) is 1. The van der Waals surface area contributed by atoms with Gasteiger partial charge in [-0.1, -0.05) is 12.1 Å². The topological polar surface area (TPSA) is 57.6 Å². The maximum atomic E-state index is 11.8. The molecule has 0 saturated heterocycles. The number of thiophene rings is 1. The number of hydrogen-bond acceptors (Lipinski definition) is 3. The van der Waals surface area contributed by atoms with Crippen molar-refractivity contribution in [2.24, 2.45) is 0 Å². The summed E-state index contributed by atoms with van der Waals surface area (Å²) in [4.78, 5) is 25.7. The number of nitrogens with zero attached hydrogens (tertiary/aromatic N) is 1. The van der Waals surface area contributed by atoms with Gasteiger partial charge in [0, 0.05) is 19.0 Å². The zero-order valence-corrected chi connectivity index (χ0v) is 11.4. The first-order chi connectivity index (χ1) is 8.99. The van der Waals surface area contributed by atoms with Crippen LogP contribution >= 0.6 is 11.3 Å². The zero-order valence-electron chi connectivity index (χ0n) is 10.6. The maximum absolute atomic E-state index is 11.8. The van der Waals surface area contributed by atoms with Gasteiger partial charge in [-0.15, -0.1) is 11.3 Å². The van der Waals surface area contributed by atoms with Gasteiger partial charge in [0.15, 0.2) is 0 Å². The molecule has 2 aromatic rings. The number of rotatable bonds is 3. The minimum absolute atomic E-state index is 0.0293. The Morgan fingerprint density at radius 3 is 2.21 bits per heavy atom. The Balaban J connectivity index is 2.28. The molecule has 0 aliphatic heterocycles. The van der Waals surface area contributed by atoms with Gasteiger partial charge in [0.05, 0.1) is 10.4 Å². The standard InChI is InChI=1S/C14H13NO3S/c1-15(2)13(16)12-8-7-11(19-12)9-3-5-10(6-4-9)14(17)18/h3-8H,1-2H3,(H,17,18). The number of carboxylic acids is 1. The summed E-state index contributed by atoms with van der Waals surface area (Å²) in [5.74, 6) is -0.973. The highest BCUT2D eigenvalue weighted by Gasteiger charge is 2.12. The van der Waals surface area contributed by atoms with E-state index in [1.165, 1.54) is 16.2 Å². The van der Waals surface area contributed by atoms with Crippen molar-refractivity contribution in [1.29, 1.82) is 0 Å². The van der Waals surface area contributed by atoms with Crippen LogP contribution in [0.15, 0.2) is 36.4 Å². The molecule has 1 aromatic carbocycles. The molecule has 0 fully saturated rings. The van der Waals surface area contributed by atoms with E-state index in [2.05, 4.69) is 0 Å². The summed E-state index contributed by atoms with van der Waals surface area (Å²) >= 11 is 1.40. The second-order valence-corrected chi connectivity index (χ2v) is 5.33. The highest BCUT2D eigenvalue weighted by Crippen LogP contribution is 2.28. The van der Waals surface area contributed by atoms with Crippen LogP contribution in [0.25, 0.3) is 10.4 Å². The Kier molecular flexibility index (Phi) is 3.66. The van der Waals surface area contributed by atoms with Crippen molar-refractivity contribution in [2.75, 3.05) is 14.1 Å². The van der Waals surface area contributed by atoms with Crippen molar-refractivity contribution in [3.8, 4) is 10.4 Å². The van der Waals surface area contributed by atoms with Crippen LogP contribution in [0.1, 0.15) is 20.0 Å². The summed E-state index contributed by atoms with van der Waals surface area (Å²) < 4.78 is 0. The molecular weight excluding hydrogens is 262 g/mol. The van der Waals surface area contributed by atoms with E-state index in [0.29, 0.717) is 4.88 Å². The second kappa shape index (κ2) is 5.24. The second-order valence-electron chi connectivity index (χ2n) is 4.25. The lowest BCUT2D eigenvalue weighted by Gasteiger charge is -2.07. The highest BCUT2D eigenvalue weighted by molar-refractivity contribution is 7.17. The van der Waals surface area contributed by atoms with Crippen molar-refractivity contribution >= 4 is 23.2 Å². The first-order valence-electron chi connectivity index (χ1n) is 5.64. The van der Waals surface area contributed by atoms with Crippen LogP contribution in [0.3, 0.4) is 0 Å². The summed E-state index contributed by atoms with van der Waals surface area (Å²) in [7, 11) is 3.42.